The summed E-state index contributed by atoms with van der Waals surface area (Å²) < 4.78 is 5.05. The van der Waals surface area contributed by atoms with Gasteiger partial charge in [-0.1, -0.05) is 0 Å². The Hall–Kier alpha value is -1.73. The Morgan fingerprint density at radius 3 is 2.75 bits per heavy atom. The van der Waals surface area contributed by atoms with Crippen molar-refractivity contribution in [3.05, 3.63) is 23.8 Å². The van der Waals surface area contributed by atoms with Crippen molar-refractivity contribution in [2.24, 2.45) is 0 Å². The highest BCUT2D eigenvalue weighted by molar-refractivity contribution is 5.63. The van der Waals surface area contributed by atoms with E-state index in [4.69, 9.17) is 15.7 Å². The van der Waals surface area contributed by atoms with Crippen LogP contribution in [0.25, 0.3) is 0 Å². The van der Waals surface area contributed by atoms with Gasteiger partial charge in [-0.15, -0.1) is 0 Å². The van der Waals surface area contributed by atoms with E-state index >= 15 is 0 Å². The molecule has 4 heteroatoms. The summed E-state index contributed by atoms with van der Waals surface area (Å²) in [5.41, 5.74) is 7.84. The van der Waals surface area contributed by atoms with E-state index in [-0.39, 0.29) is 0 Å². The minimum absolute atomic E-state index is 0.520. The molecule has 0 aromatic heterocycles. The highest BCUT2D eigenvalue weighted by Crippen LogP contribution is 2.20. The number of likely N-dealkylation sites (N-methyl/N-ethyl adjacent to an activating group) is 1. The fraction of sp³-hybridized carbons (Fsp3) is 0.417. The molecule has 86 valence electrons. The molecule has 0 aliphatic rings. The number of nitrogen functional groups attached to an aromatic ring is 1. The molecule has 0 saturated carbocycles. The molecule has 0 unspecified atom stereocenters. The normalized spacial score (nSPS) is 9.81. The molecule has 0 saturated heterocycles. The third-order valence-electron chi connectivity index (χ3n) is 2.47. The van der Waals surface area contributed by atoms with Crippen molar-refractivity contribution in [2.75, 3.05) is 37.4 Å². The van der Waals surface area contributed by atoms with E-state index in [2.05, 4.69) is 17.9 Å². The van der Waals surface area contributed by atoms with E-state index in [1.54, 1.807) is 13.2 Å². The Bertz CT molecular complexity index is 384. The standard InChI is InChI=1S/C12H17N3O/c1-3-15(6-7-16-2)11-5-4-10(9-13)12(14)8-11/h4-5,8H,3,6-7,14H2,1-2H3. The van der Waals surface area contributed by atoms with Gasteiger partial charge in [0.05, 0.1) is 17.9 Å². The Morgan fingerprint density at radius 1 is 1.50 bits per heavy atom. The first-order valence-corrected chi connectivity index (χ1v) is 5.26. The number of nitrogens with two attached hydrogens (primary N) is 1. The molecule has 0 aliphatic heterocycles. The Morgan fingerprint density at radius 2 is 2.25 bits per heavy atom. The number of hydrogen-bond acceptors (Lipinski definition) is 4. The summed E-state index contributed by atoms with van der Waals surface area (Å²) in [4.78, 5) is 2.15. The van der Waals surface area contributed by atoms with E-state index < -0.39 is 0 Å². The number of hydrogen-bond donors (Lipinski definition) is 1. The Labute approximate surface area is 96.2 Å². The lowest BCUT2D eigenvalue weighted by Gasteiger charge is -2.23. The first-order chi connectivity index (χ1) is 7.72. The van der Waals surface area contributed by atoms with Crippen LogP contribution >= 0.6 is 0 Å². The SMILES string of the molecule is CCN(CCOC)c1ccc(C#N)c(N)c1. The van der Waals surface area contributed by atoms with Crippen molar-refractivity contribution in [3.8, 4) is 6.07 Å². The quantitative estimate of drug-likeness (QED) is 0.764. The van der Waals surface area contributed by atoms with Gasteiger partial charge in [0.25, 0.3) is 0 Å². The molecule has 0 fully saturated rings. The molecule has 4 nitrogen and oxygen atoms in total. The minimum Gasteiger partial charge on any atom is -0.398 e. The zero-order valence-electron chi connectivity index (χ0n) is 9.73. The molecular formula is C12H17N3O. The van der Waals surface area contributed by atoms with Gasteiger partial charge in [0.15, 0.2) is 0 Å². The van der Waals surface area contributed by atoms with Gasteiger partial charge in [0, 0.05) is 25.9 Å². The van der Waals surface area contributed by atoms with Gasteiger partial charge in [0.1, 0.15) is 6.07 Å². The van der Waals surface area contributed by atoms with Gasteiger partial charge in [-0.2, -0.15) is 5.26 Å². The van der Waals surface area contributed by atoms with Gasteiger partial charge >= 0.3 is 0 Å². The first-order valence-electron chi connectivity index (χ1n) is 5.26. The average Bonchev–Trinajstić information content (AvgIpc) is 2.30. The molecule has 0 radical (unpaired) electrons. The van der Waals surface area contributed by atoms with Crippen molar-refractivity contribution in [3.63, 3.8) is 0 Å². The second kappa shape index (κ2) is 5.99. The molecule has 0 aliphatic carbocycles. The number of rotatable bonds is 5. The van der Waals surface area contributed by atoms with Gasteiger partial charge in [-0.25, -0.2) is 0 Å². The zero-order chi connectivity index (χ0) is 12.0. The molecule has 1 aromatic carbocycles. The van der Waals surface area contributed by atoms with Gasteiger partial charge in [-0.05, 0) is 25.1 Å². The van der Waals surface area contributed by atoms with Crippen LogP contribution in [-0.2, 0) is 4.74 Å². The topological polar surface area (TPSA) is 62.3 Å². The molecule has 0 heterocycles. The first kappa shape index (κ1) is 12.3. The zero-order valence-corrected chi connectivity index (χ0v) is 9.73. The van der Waals surface area contributed by atoms with Crippen LogP contribution in [0.5, 0.6) is 0 Å². The molecule has 1 aromatic rings. The highest BCUT2D eigenvalue weighted by atomic mass is 16.5. The van der Waals surface area contributed by atoms with Crippen LogP contribution < -0.4 is 10.6 Å². The van der Waals surface area contributed by atoms with Crippen LogP contribution in [0.4, 0.5) is 11.4 Å². The number of ether oxygens (including phenoxy) is 1. The van der Waals surface area contributed by atoms with Gasteiger partial charge < -0.3 is 15.4 Å². The van der Waals surface area contributed by atoms with Crippen molar-refractivity contribution >= 4 is 11.4 Å². The summed E-state index contributed by atoms with van der Waals surface area (Å²) in [6.45, 7) is 4.45. The number of anilines is 2. The lowest BCUT2D eigenvalue weighted by Crippen LogP contribution is -2.26. The lowest BCUT2D eigenvalue weighted by molar-refractivity contribution is 0.205. The fourth-order valence-corrected chi connectivity index (χ4v) is 1.52. The average molecular weight is 219 g/mol. The van der Waals surface area contributed by atoms with Crippen molar-refractivity contribution < 1.29 is 4.74 Å². The predicted molar refractivity (Wildman–Crippen MR) is 65.3 cm³/mol. The van der Waals surface area contributed by atoms with Crippen LogP contribution in [0.15, 0.2) is 18.2 Å². The number of benzene rings is 1. The lowest BCUT2D eigenvalue weighted by atomic mass is 10.1. The van der Waals surface area contributed by atoms with E-state index in [0.29, 0.717) is 17.9 Å². The van der Waals surface area contributed by atoms with Crippen LogP contribution in [-0.4, -0.2) is 26.8 Å². The third kappa shape index (κ3) is 2.88. The van der Waals surface area contributed by atoms with Crippen molar-refractivity contribution in [1.82, 2.24) is 0 Å². The van der Waals surface area contributed by atoms with Gasteiger partial charge in [-0.3, -0.25) is 0 Å². The van der Waals surface area contributed by atoms with Crippen LogP contribution in [0.1, 0.15) is 12.5 Å². The number of nitrogens with zero attached hydrogens (tertiary/aromatic N) is 2. The molecule has 0 bridgehead atoms. The third-order valence-corrected chi connectivity index (χ3v) is 2.47. The molecule has 0 atom stereocenters. The van der Waals surface area contributed by atoms with E-state index in [9.17, 15) is 0 Å². The summed E-state index contributed by atoms with van der Waals surface area (Å²) in [5.74, 6) is 0. The Balaban J connectivity index is 2.86. The van der Waals surface area contributed by atoms with E-state index in [1.807, 2.05) is 12.1 Å². The predicted octanol–water partition coefficient (Wildman–Crippen LogP) is 1.61. The second-order valence-electron chi connectivity index (χ2n) is 3.46. The molecule has 16 heavy (non-hydrogen) atoms. The van der Waals surface area contributed by atoms with Crippen molar-refractivity contribution in [1.29, 1.82) is 5.26 Å². The number of methoxy groups -OCH3 is 1. The largest absolute Gasteiger partial charge is 0.398 e. The van der Waals surface area contributed by atoms with Crippen LogP contribution in [0, 0.1) is 11.3 Å². The smallest absolute Gasteiger partial charge is 0.101 e. The van der Waals surface area contributed by atoms with E-state index in [1.165, 1.54) is 0 Å². The number of nitriles is 1. The summed E-state index contributed by atoms with van der Waals surface area (Å²) >= 11 is 0. The minimum atomic E-state index is 0.520. The maximum atomic E-state index is 8.78. The van der Waals surface area contributed by atoms with Crippen LogP contribution in [0.3, 0.4) is 0 Å². The van der Waals surface area contributed by atoms with E-state index in [0.717, 1.165) is 18.8 Å². The monoisotopic (exact) mass is 219 g/mol. The molecule has 0 spiro atoms. The maximum Gasteiger partial charge on any atom is 0.101 e. The molecular weight excluding hydrogens is 202 g/mol. The van der Waals surface area contributed by atoms with Gasteiger partial charge in [0.2, 0.25) is 0 Å². The van der Waals surface area contributed by atoms with Crippen molar-refractivity contribution in [2.45, 2.75) is 6.92 Å². The summed E-state index contributed by atoms with van der Waals surface area (Å²) in [6.07, 6.45) is 0. The van der Waals surface area contributed by atoms with Crippen LogP contribution in [0.2, 0.25) is 0 Å². The summed E-state index contributed by atoms with van der Waals surface area (Å²) in [7, 11) is 1.68. The highest BCUT2D eigenvalue weighted by Gasteiger charge is 2.06. The maximum absolute atomic E-state index is 8.78. The molecule has 2 N–H and O–H groups in total. The Kier molecular flexibility index (Phi) is 4.62. The molecule has 1 rings (SSSR count). The summed E-state index contributed by atoms with van der Waals surface area (Å²) in [5, 5.41) is 8.78. The summed E-state index contributed by atoms with van der Waals surface area (Å²) in [6, 6.07) is 7.55. The fourth-order valence-electron chi connectivity index (χ4n) is 1.52. The molecule has 0 amide bonds. The second-order valence-corrected chi connectivity index (χ2v) is 3.46.